The summed E-state index contributed by atoms with van der Waals surface area (Å²) >= 11 is 0. The van der Waals surface area contributed by atoms with Crippen LogP contribution in [0.5, 0.6) is 0 Å². The van der Waals surface area contributed by atoms with Crippen LogP contribution in [0.3, 0.4) is 0 Å². The number of likely N-dealkylation sites (tertiary alicyclic amines) is 1. The van der Waals surface area contributed by atoms with Crippen LogP contribution in [0.15, 0.2) is 73.2 Å². The van der Waals surface area contributed by atoms with Gasteiger partial charge in [-0.15, -0.1) is 0 Å². The molecule has 0 unspecified atom stereocenters. The zero-order valence-corrected chi connectivity index (χ0v) is 17.3. The van der Waals surface area contributed by atoms with Crippen molar-refractivity contribution >= 4 is 0 Å². The van der Waals surface area contributed by atoms with Gasteiger partial charge in [0.05, 0.1) is 6.33 Å². The van der Waals surface area contributed by atoms with E-state index >= 15 is 0 Å². The van der Waals surface area contributed by atoms with Crippen molar-refractivity contribution < 1.29 is 0 Å². The Bertz CT molecular complexity index is 766. The SMILES string of the molecule is c1ccc(C(c2ccccc2)C2CCN(CCCCCc3cnc[nH]3)CC2)cc1. The van der Waals surface area contributed by atoms with Crippen LogP contribution < -0.4 is 0 Å². The molecule has 1 aliphatic heterocycles. The van der Waals surface area contributed by atoms with Crippen molar-refractivity contribution in [3.63, 3.8) is 0 Å². The maximum absolute atomic E-state index is 4.10. The summed E-state index contributed by atoms with van der Waals surface area (Å²) in [6.45, 7) is 3.72. The van der Waals surface area contributed by atoms with Gasteiger partial charge in [-0.1, -0.05) is 67.1 Å². The van der Waals surface area contributed by atoms with E-state index in [4.69, 9.17) is 0 Å². The van der Waals surface area contributed by atoms with Crippen LogP contribution in [0.25, 0.3) is 0 Å². The highest BCUT2D eigenvalue weighted by molar-refractivity contribution is 5.33. The average molecular weight is 388 g/mol. The predicted octanol–water partition coefficient (Wildman–Crippen LogP) is 5.67. The van der Waals surface area contributed by atoms with E-state index in [1.807, 2.05) is 6.20 Å². The minimum atomic E-state index is 0.522. The van der Waals surface area contributed by atoms with Crippen molar-refractivity contribution in [2.45, 2.75) is 44.4 Å². The molecule has 29 heavy (non-hydrogen) atoms. The third-order valence-corrected chi connectivity index (χ3v) is 6.40. The Balaban J connectivity index is 1.27. The van der Waals surface area contributed by atoms with E-state index < -0.39 is 0 Å². The second-order valence-corrected chi connectivity index (χ2v) is 8.37. The summed E-state index contributed by atoms with van der Waals surface area (Å²) in [5, 5.41) is 0. The van der Waals surface area contributed by atoms with E-state index in [2.05, 4.69) is 75.5 Å². The standard InChI is InChI=1S/C26H33N3/c1-4-10-22(11-5-1)26(23-12-6-2-7-13-23)24-15-18-29(19-16-24)17-9-3-8-14-25-20-27-21-28-25/h1-2,4-7,10-13,20-21,24,26H,3,8-9,14-19H2,(H,27,28). The first-order chi connectivity index (χ1) is 14.4. The fourth-order valence-corrected chi connectivity index (χ4v) is 4.82. The number of rotatable bonds is 9. The van der Waals surface area contributed by atoms with Crippen LogP contribution in [0.1, 0.15) is 54.8 Å². The number of nitrogens with one attached hydrogen (secondary N) is 1. The molecule has 0 atom stereocenters. The summed E-state index contributed by atoms with van der Waals surface area (Å²) in [7, 11) is 0. The number of aryl methyl sites for hydroxylation is 1. The number of aromatic amines is 1. The van der Waals surface area contributed by atoms with Crippen LogP contribution in [0, 0.1) is 5.92 Å². The lowest BCUT2D eigenvalue weighted by atomic mass is 9.76. The lowest BCUT2D eigenvalue weighted by Gasteiger charge is -2.36. The molecule has 1 aromatic heterocycles. The Hall–Kier alpha value is -2.39. The third kappa shape index (κ3) is 5.57. The van der Waals surface area contributed by atoms with E-state index in [-0.39, 0.29) is 0 Å². The molecule has 0 aliphatic carbocycles. The zero-order chi connectivity index (χ0) is 19.7. The van der Waals surface area contributed by atoms with Crippen LogP contribution in [0.4, 0.5) is 0 Å². The molecule has 0 saturated carbocycles. The molecule has 2 aromatic carbocycles. The summed E-state index contributed by atoms with van der Waals surface area (Å²) in [5.41, 5.74) is 4.20. The molecular weight excluding hydrogens is 354 g/mol. The van der Waals surface area contributed by atoms with Gasteiger partial charge in [-0.25, -0.2) is 4.98 Å². The Morgan fingerprint density at radius 1 is 0.862 bits per heavy atom. The van der Waals surface area contributed by atoms with Gasteiger partial charge in [-0.3, -0.25) is 0 Å². The van der Waals surface area contributed by atoms with Crippen LogP contribution in [-0.2, 0) is 6.42 Å². The van der Waals surface area contributed by atoms with E-state index in [0.29, 0.717) is 5.92 Å². The fraction of sp³-hybridized carbons (Fsp3) is 0.423. The summed E-state index contributed by atoms with van der Waals surface area (Å²) in [4.78, 5) is 9.97. The molecule has 0 bridgehead atoms. The molecule has 1 fully saturated rings. The predicted molar refractivity (Wildman–Crippen MR) is 120 cm³/mol. The maximum Gasteiger partial charge on any atom is 0.0921 e. The van der Waals surface area contributed by atoms with Crippen molar-refractivity contribution in [3.8, 4) is 0 Å². The van der Waals surface area contributed by atoms with E-state index in [1.54, 1.807) is 6.33 Å². The summed E-state index contributed by atoms with van der Waals surface area (Å²) in [6, 6.07) is 22.2. The molecule has 0 radical (unpaired) electrons. The second-order valence-electron chi connectivity index (χ2n) is 8.37. The first-order valence-corrected chi connectivity index (χ1v) is 11.2. The Morgan fingerprint density at radius 3 is 2.10 bits per heavy atom. The number of hydrogen-bond donors (Lipinski definition) is 1. The Labute approximate surface area is 175 Å². The van der Waals surface area contributed by atoms with Crippen LogP contribution in [0.2, 0.25) is 0 Å². The highest BCUT2D eigenvalue weighted by atomic mass is 15.1. The van der Waals surface area contributed by atoms with Gasteiger partial charge < -0.3 is 9.88 Å². The minimum absolute atomic E-state index is 0.522. The van der Waals surface area contributed by atoms with E-state index in [1.165, 1.54) is 68.6 Å². The second kappa shape index (κ2) is 10.4. The van der Waals surface area contributed by atoms with Crippen molar-refractivity contribution in [3.05, 3.63) is 90.0 Å². The molecule has 1 N–H and O–H groups in total. The van der Waals surface area contributed by atoms with Crippen LogP contribution >= 0.6 is 0 Å². The number of imidazole rings is 1. The van der Waals surface area contributed by atoms with Crippen molar-refractivity contribution in [2.75, 3.05) is 19.6 Å². The van der Waals surface area contributed by atoms with E-state index in [0.717, 1.165) is 12.3 Å². The number of benzene rings is 2. The van der Waals surface area contributed by atoms with Gasteiger partial charge in [0.2, 0.25) is 0 Å². The van der Waals surface area contributed by atoms with Crippen molar-refractivity contribution in [1.82, 2.24) is 14.9 Å². The lowest BCUT2D eigenvalue weighted by molar-refractivity contribution is 0.172. The number of nitrogens with zero attached hydrogens (tertiary/aromatic N) is 2. The molecule has 0 spiro atoms. The first kappa shape index (κ1) is 19.9. The number of piperidine rings is 1. The molecule has 3 aromatic rings. The molecule has 1 saturated heterocycles. The molecule has 152 valence electrons. The smallest absolute Gasteiger partial charge is 0.0921 e. The van der Waals surface area contributed by atoms with Crippen molar-refractivity contribution in [1.29, 1.82) is 0 Å². The normalized spacial score (nSPS) is 15.8. The fourth-order valence-electron chi connectivity index (χ4n) is 4.82. The number of aromatic nitrogens is 2. The van der Waals surface area contributed by atoms with Gasteiger partial charge in [0.15, 0.2) is 0 Å². The topological polar surface area (TPSA) is 31.9 Å². The largest absolute Gasteiger partial charge is 0.348 e. The molecule has 3 nitrogen and oxygen atoms in total. The highest BCUT2D eigenvalue weighted by Gasteiger charge is 2.28. The average Bonchev–Trinajstić information content (AvgIpc) is 3.30. The lowest BCUT2D eigenvalue weighted by Crippen LogP contribution is -2.36. The maximum atomic E-state index is 4.10. The summed E-state index contributed by atoms with van der Waals surface area (Å²) < 4.78 is 0. The van der Waals surface area contributed by atoms with E-state index in [9.17, 15) is 0 Å². The Kier molecular flexibility index (Phi) is 7.14. The van der Waals surface area contributed by atoms with Gasteiger partial charge in [0.1, 0.15) is 0 Å². The number of hydrogen-bond acceptors (Lipinski definition) is 2. The molecule has 1 aliphatic rings. The van der Waals surface area contributed by atoms with Gasteiger partial charge in [-0.05, 0) is 68.8 Å². The highest BCUT2D eigenvalue weighted by Crippen LogP contribution is 2.37. The summed E-state index contributed by atoms with van der Waals surface area (Å²) in [5.74, 6) is 1.25. The Morgan fingerprint density at radius 2 is 1.52 bits per heavy atom. The van der Waals surface area contributed by atoms with Gasteiger partial charge in [0, 0.05) is 17.8 Å². The van der Waals surface area contributed by atoms with Gasteiger partial charge in [-0.2, -0.15) is 0 Å². The van der Waals surface area contributed by atoms with Gasteiger partial charge >= 0.3 is 0 Å². The minimum Gasteiger partial charge on any atom is -0.348 e. The molecular formula is C26H33N3. The molecule has 4 rings (SSSR count). The first-order valence-electron chi connectivity index (χ1n) is 11.2. The van der Waals surface area contributed by atoms with Gasteiger partial charge in [0.25, 0.3) is 0 Å². The summed E-state index contributed by atoms with van der Waals surface area (Å²) in [6.07, 6.45) is 11.3. The number of unbranched alkanes of at least 4 members (excludes halogenated alkanes) is 2. The molecule has 3 heteroatoms. The van der Waals surface area contributed by atoms with Crippen LogP contribution in [-0.4, -0.2) is 34.5 Å². The number of H-pyrrole nitrogens is 1. The monoisotopic (exact) mass is 387 g/mol. The molecule has 2 heterocycles. The van der Waals surface area contributed by atoms with Crippen molar-refractivity contribution in [2.24, 2.45) is 5.92 Å². The third-order valence-electron chi connectivity index (χ3n) is 6.40. The zero-order valence-electron chi connectivity index (χ0n) is 17.3. The molecule has 0 amide bonds. The quantitative estimate of drug-likeness (QED) is 0.480.